The van der Waals surface area contributed by atoms with Crippen LogP contribution in [0.2, 0.25) is 0 Å². The largest absolute Gasteiger partial charge is 0.343 e. The lowest BCUT2D eigenvalue weighted by Gasteiger charge is -2.30. The van der Waals surface area contributed by atoms with Crippen molar-refractivity contribution in [3.05, 3.63) is 83.6 Å². The average Bonchev–Trinajstić information content (AvgIpc) is 3.05. The predicted octanol–water partition coefficient (Wildman–Crippen LogP) is 4.28. The summed E-state index contributed by atoms with van der Waals surface area (Å²) in [7, 11) is 0. The second-order valence-electron chi connectivity index (χ2n) is 7.29. The van der Waals surface area contributed by atoms with E-state index >= 15 is 0 Å². The fourth-order valence-electron chi connectivity index (χ4n) is 3.67. The molecular formula is C24H21N3O2S. The number of amides is 2. The van der Waals surface area contributed by atoms with E-state index in [1.54, 1.807) is 6.08 Å². The van der Waals surface area contributed by atoms with Crippen molar-refractivity contribution in [1.82, 2.24) is 9.88 Å². The van der Waals surface area contributed by atoms with Gasteiger partial charge in [-0.15, -0.1) is 6.58 Å². The Labute approximate surface area is 180 Å². The van der Waals surface area contributed by atoms with E-state index in [4.69, 9.17) is 12.2 Å². The molecule has 1 aliphatic rings. The molecule has 150 valence electrons. The highest BCUT2D eigenvalue weighted by atomic mass is 32.1. The van der Waals surface area contributed by atoms with E-state index in [9.17, 15) is 9.59 Å². The van der Waals surface area contributed by atoms with Gasteiger partial charge in [-0.3, -0.25) is 19.8 Å². The van der Waals surface area contributed by atoms with Crippen molar-refractivity contribution in [2.24, 2.45) is 0 Å². The first-order valence-corrected chi connectivity index (χ1v) is 9.99. The summed E-state index contributed by atoms with van der Waals surface area (Å²) in [5.41, 5.74) is 4.42. The number of fused-ring (bicyclic) bond motifs is 1. The fourth-order valence-corrected chi connectivity index (χ4v) is 3.95. The Bertz CT molecular complexity index is 1250. The molecule has 30 heavy (non-hydrogen) atoms. The van der Waals surface area contributed by atoms with Crippen molar-refractivity contribution in [3.8, 4) is 0 Å². The molecule has 6 heteroatoms. The third-order valence-corrected chi connectivity index (χ3v) is 5.44. The number of thiocarbonyl (C=S) groups is 1. The molecule has 1 aliphatic heterocycles. The van der Waals surface area contributed by atoms with Crippen LogP contribution < -0.4 is 10.2 Å². The predicted molar refractivity (Wildman–Crippen MR) is 124 cm³/mol. The number of hydrogen-bond donors (Lipinski definition) is 1. The average molecular weight is 416 g/mol. The van der Waals surface area contributed by atoms with Crippen LogP contribution in [0.25, 0.3) is 17.0 Å². The summed E-state index contributed by atoms with van der Waals surface area (Å²) in [4.78, 5) is 27.4. The molecule has 0 saturated carbocycles. The standard InChI is InChI=1S/C24H21N3O2S/c1-4-11-26-14-17(18-7-5-6-8-20(18)26)13-19-22(28)25-24(30)27(23(19)29)21-12-15(2)9-10-16(21)3/h4-10,12-14H,1,11H2,2-3H3,(H,25,28,30)/b19-13+. The number of rotatable bonds is 4. The van der Waals surface area contributed by atoms with Gasteiger partial charge in [-0.25, -0.2) is 0 Å². The Hall–Kier alpha value is -3.51. The molecule has 1 fully saturated rings. The van der Waals surface area contributed by atoms with Crippen LogP contribution >= 0.6 is 12.2 Å². The highest BCUT2D eigenvalue weighted by Gasteiger charge is 2.35. The topological polar surface area (TPSA) is 54.3 Å². The Morgan fingerprint density at radius 3 is 2.67 bits per heavy atom. The molecule has 0 atom stereocenters. The summed E-state index contributed by atoms with van der Waals surface area (Å²) in [5, 5.41) is 3.71. The first kappa shape index (κ1) is 19.8. The third kappa shape index (κ3) is 3.35. The molecule has 0 unspecified atom stereocenters. The van der Waals surface area contributed by atoms with Crippen molar-refractivity contribution in [2.75, 3.05) is 4.90 Å². The molecule has 1 N–H and O–H groups in total. The molecule has 0 aliphatic carbocycles. The second kappa shape index (κ2) is 7.72. The van der Waals surface area contributed by atoms with Gasteiger partial charge in [0, 0.05) is 29.2 Å². The van der Waals surface area contributed by atoms with Gasteiger partial charge in [-0.2, -0.15) is 0 Å². The van der Waals surface area contributed by atoms with Gasteiger partial charge in [-0.1, -0.05) is 36.4 Å². The van der Waals surface area contributed by atoms with Gasteiger partial charge in [0.2, 0.25) is 0 Å². The molecule has 4 rings (SSSR count). The van der Waals surface area contributed by atoms with Gasteiger partial charge in [-0.05, 0) is 55.4 Å². The van der Waals surface area contributed by atoms with E-state index in [1.807, 2.05) is 73.2 Å². The van der Waals surface area contributed by atoms with Gasteiger partial charge < -0.3 is 4.57 Å². The fraction of sp³-hybridized carbons (Fsp3) is 0.125. The van der Waals surface area contributed by atoms with Crippen LogP contribution in [0.1, 0.15) is 16.7 Å². The molecule has 2 aromatic carbocycles. The maximum absolute atomic E-state index is 13.4. The quantitative estimate of drug-likeness (QED) is 0.300. The Balaban J connectivity index is 1.83. The highest BCUT2D eigenvalue weighted by Crippen LogP contribution is 2.28. The molecule has 0 bridgehead atoms. The summed E-state index contributed by atoms with van der Waals surface area (Å²) < 4.78 is 2.03. The van der Waals surface area contributed by atoms with Gasteiger partial charge in [0.15, 0.2) is 5.11 Å². The highest BCUT2D eigenvalue weighted by molar-refractivity contribution is 7.80. The number of carbonyl (C=O) groups is 2. The van der Waals surface area contributed by atoms with Crippen molar-refractivity contribution in [1.29, 1.82) is 0 Å². The van der Waals surface area contributed by atoms with Crippen LogP contribution in [-0.2, 0) is 16.1 Å². The number of nitrogens with one attached hydrogen (secondary N) is 1. The molecular weight excluding hydrogens is 394 g/mol. The number of carbonyl (C=O) groups excluding carboxylic acids is 2. The summed E-state index contributed by atoms with van der Waals surface area (Å²) in [6, 6.07) is 13.7. The van der Waals surface area contributed by atoms with Gasteiger partial charge in [0.25, 0.3) is 11.8 Å². The molecule has 0 spiro atoms. The SMILES string of the molecule is C=CCn1cc(/C=C2\C(=O)NC(=S)N(c3cc(C)ccc3C)C2=O)c2ccccc21. The van der Waals surface area contributed by atoms with E-state index in [2.05, 4.69) is 11.9 Å². The van der Waals surface area contributed by atoms with E-state index in [0.717, 1.165) is 27.6 Å². The zero-order chi connectivity index (χ0) is 21.4. The monoisotopic (exact) mass is 415 g/mol. The molecule has 2 heterocycles. The van der Waals surface area contributed by atoms with Crippen LogP contribution in [0.5, 0.6) is 0 Å². The van der Waals surface area contributed by atoms with Crippen molar-refractivity contribution < 1.29 is 9.59 Å². The van der Waals surface area contributed by atoms with Gasteiger partial charge >= 0.3 is 0 Å². The minimum atomic E-state index is -0.493. The molecule has 0 radical (unpaired) electrons. The number of allylic oxidation sites excluding steroid dienone is 1. The Morgan fingerprint density at radius 2 is 1.90 bits per heavy atom. The van der Waals surface area contributed by atoms with E-state index in [1.165, 1.54) is 4.90 Å². The number of para-hydroxylation sites is 1. The third-order valence-electron chi connectivity index (χ3n) is 5.15. The van der Waals surface area contributed by atoms with E-state index < -0.39 is 11.8 Å². The van der Waals surface area contributed by atoms with E-state index in [0.29, 0.717) is 12.2 Å². The first-order valence-electron chi connectivity index (χ1n) is 9.58. The lowest BCUT2D eigenvalue weighted by atomic mass is 10.0. The zero-order valence-electron chi connectivity index (χ0n) is 16.8. The van der Waals surface area contributed by atoms with Gasteiger partial charge in [0.1, 0.15) is 5.57 Å². The molecule has 2 amide bonds. The zero-order valence-corrected chi connectivity index (χ0v) is 17.6. The number of hydrogen-bond acceptors (Lipinski definition) is 3. The minimum Gasteiger partial charge on any atom is -0.343 e. The summed E-state index contributed by atoms with van der Waals surface area (Å²) >= 11 is 5.33. The Morgan fingerprint density at radius 1 is 1.13 bits per heavy atom. The summed E-state index contributed by atoms with van der Waals surface area (Å²) in [6.45, 7) is 8.29. The lowest BCUT2D eigenvalue weighted by Crippen LogP contribution is -2.54. The van der Waals surface area contributed by atoms with Crippen molar-refractivity contribution >= 4 is 51.8 Å². The van der Waals surface area contributed by atoms with Crippen LogP contribution in [0.15, 0.2) is 66.9 Å². The first-order chi connectivity index (χ1) is 14.4. The maximum atomic E-state index is 13.4. The number of benzene rings is 2. The summed E-state index contributed by atoms with van der Waals surface area (Å²) in [5.74, 6) is -0.926. The van der Waals surface area contributed by atoms with E-state index in [-0.39, 0.29) is 10.7 Å². The summed E-state index contributed by atoms with van der Waals surface area (Å²) in [6.07, 6.45) is 5.37. The van der Waals surface area contributed by atoms with Crippen LogP contribution in [-0.4, -0.2) is 21.5 Å². The van der Waals surface area contributed by atoms with Crippen molar-refractivity contribution in [3.63, 3.8) is 0 Å². The number of anilines is 1. The van der Waals surface area contributed by atoms with Crippen LogP contribution in [0.4, 0.5) is 5.69 Å². The normalized spacial score (nSPS) is 15.7. The second-order valence-corrected chi connectivity index (χ2v) is 7.68. The van der Waals surface area contributed by atoms with Gasteiger partial charge in [0.05, 0.1) is 5.69 Å². The number of nitrogens with zero attached hydrogens (tertiary/aromatic N) is 2. The van der Waals surface area contributed by atoms with Crippen LogP contribution in [0.3, 0.4) is 0 Å². The molecule has 5 nitrogen and oxygen atoms in total. The molecule has 1 aromatic heterocycles. The smallest absolute Gasteiger partial charge is 0.270 e. The van der Waals surface area contributed by atoms with Crippen molar-refractivity contribution in [2.45, 2.75) is 20.4 Å². The number of aryl methyl sites for hydroxylation is 2. The molecule has 3 aromatic rings. The Kier molecular flexibility index (Phi) is 5.10. The lowest BCUT2D eigenvalue weighted by molar-refractivity contribution is -0.122. The maximum Gasteiger partial charge on any atom is 0.270 e. The van der Waals surface area contributed by atoms with Crippen LogP contribution in [0, 0.1) is 13.8 Å². The number of aromatic nitrogens is 1. The minimum absolute atomic E-state index is 0.0472. The molecule has 1 saturated heterocycles.